The number of nitrogens with zero attached hydrogens (tertiary/aromatic N) is 1. The highest BCUT2D eigenvalue weighted by atomic mass is 127. The lowest BCUT2D eigenvalue weighted by molar-refractivity contribution is 0.414. The Morgan fingerprint density at radius 2 is 1.96 bits per heavy atom. The molecule has 1 heterocycles. The van der Waals surface area contributed by atoms with Gasteiger partial charge in [0, 0.05) is 16.8 Å². The van der Waals surface area contributed by atoms with E-state index in [1.165, 1.54) is 10.4 Å². The van der Waals surface area contributed by atoms with Crippen molar-refractivity contribution in [2.45, 2.75) is 25.7 Å². The van der Waals surface area contributed by atoms with E-state index in [0.717, 1.165) is 18.7 Å². The van der Waals surface area contributed by atoms with Gasteiger partial charge in [0.1, 0.15) is 5.75 Å². The molecular weight excluding hydrogens is 433 g/mol. The van der Waals surface area contributed by atoms with Gasteiger partial charge in [0.25, 0.3) is 0 Å². The first-order chi connectivity index (χ1) is 11.0. The highest BCUT2D eigenvalue weighted by molar-refractivity contribution is 14.0. The minimum absolute atomic E-state index is 0. The first-order valence-electron chi connectivity index (χ1n) is 7.72. The molecule has 2 rings (SSSR count). The van der Waals surface area contributed by atoms with Gasteiger partial charge in [-0.05, 0) is 35.6 Å². The maximum atomic E-state index is 5.97. The zero-order valence-corrected chi connectivity index (χ0v) is 17.6. The van der Waals surface area contributed by atoms with Gasteiger partial charge in [0.05, 0.1) is 13.7 Å². The summed E-state index contributed by atoms with van der Waals surface area (Å²) in [4.78, 5) is 5.84. The molecule has 0 saturated heterocycles. The lowest BCUT2D eigenvalue weighted by atomic mass is 9.85. The summed E-state index contributed by atoms with van der Waals surface area (Å²) in [6, 6.07) is 12.3. The van der Waals surface area contributed by atoms with E-state index in [4.69, 9.17) is 10.5 Å². The maximum absolute atomic E-state index is 5.97. The third-order valence-corrected chi connectivity index (χ3v) is 4.71. The molecule has 132 valence electrons. The topological polar surface area (TPSA) is 59.6 Å². The predicted octanol–water partition coefficient (Wildman–Crippen LogP) is 3.80. The molecule has 0 unspecified atom stereocenters. The highest BCUT2D eigenvalue weighted by Gasteiger charge is 2.20. The van der Waals surface area contributed by atoms with Crippen molar-refractivity contribution in [1.29, 1.82) is 0 Å². The van der Waals surface area contributed by atoms with Crippen LogP contribution in [0.4, 0.5) is 0 Å². The molecule has 4 nitrogen and oxygen atoms in total. The fourth-order valence-electron chi connectivity index (χ4n) is 2.24. The summed E-state index contributed by atoms with van der Waals surface area (Å²) in [5.74, 6) is 1.37. The molecule has 1 aromatic carbocycles. The van der Waals surface area contributed by atoms with E-state index in [1.807, 2.05) is 12.1 Å². The molecule has 0 aliphatic carbocycles. The van der Waals surface area contributed by atoms with Crippen molar-refractivity contribution in [3.05, 3.63) is 52.2 Å². The van der Waals surface area contributed by atoms with Crippen LogP contribution in [-0.4, -0.2) is 26.2 Å². The number of rotatable bonds is 7. The molecular formula is C18H26IN3OS. The maximum Gasteiger partial charge on any atom is 0.188 e. The number of methoxy groups -OCH3 is 1. The molecule has 0 fully saturated rings. The Balaban J connectivity index is 0.00000288. The van der Waals surface area contributed by atoms with Crippen molar-refractivity contribution in [2.24, 2.45) is 10.7 Å². The van der Waals surface area contributed by atoms with E-state index < -0.39 is 0 Å². The molecule has 6 heteroatoms. The lowest BCUT2D eigenvalue weighted by Crippen LogP contribution is -2.35. The summed E-state index contributed by atoms with van der Waals surface area (Å²) in [5, 5.41) is 5.27. The monoisotopic (exact) mass is 459 g/mol. The summed E-state index contributed by atoms with van der Waals surface area (Å²) >= 11 is 1.76. The molecule has 3 N–H and O–H groups in total. The molecule has 0 radical (unpaired) electrons. The van der Waals surface area contributed by atoms with Gasteiger partial charge in [0.2, 0.25) is 0 Å². The van der Waals surface area contributed by atoms with Crippen LogP contribution in [-0.2, 0) is 11.8 Å². The molecule has 24 heavy (non-hydrogen) atoms. The van der Waals surface area contributed by atoms with Crippen molar-refractivity contribution in [3.63, 3.8) is 0 Å². The minimum atomic E-state index is -0.0771. The Labute approximate surface area is 165 Å². The van der Waals surface area contributed by atoms with Crippen molar-refractivity contribution < 1.29 is 4.74 Å². The summed E-state index contributed by atoms with van der Waals surface area (Å²) in [5.41, 5.74) is 7.11. The number of thiophene rings is 1. The molecule has 0 spiro atoms. The van der Waals surface area contributed by atoms with Gasteiger partial charge < -0.3 is 15.8 Å². The molecule has 0 saturated carbocycles. The average Bonchev–Trinajstić information content (AvgIpc) is 3.06. The summed E-state index contributed by atoms with van der Waals surface area (Å²) < 4.78 is 5.20. The van der Waals surface area contributed by atoms with E-state index in [-0.39, 0.29) is 29.4 Å². The fraction of sp³-hybridized carbons (Fsp3) is 0.389. The molecule has 0 aliphatic heterocycles. The van der Waals surface area contributed by atoms with E-state index in [2.05, 4.69) is 53.8 Å². The third kappa shape index (κ3) is 6.32. The Bertz CT molecular complexity index is 624. The van der Waals surface area contributed by atoms with Crippen LogP contribution in [0.5, 0.6) is 5.75 Å². The van der Waals surface area contributed by atoms with E-state index in [0.29, 0.717) is 12.5 Å². The minimum Gasteiger partial charge on any atom is -0.497 e. The number of nitrogens with one attached hydrogen (secondary N) is 1. The summed E-state index contributed by atoms with van der Waals surface area (Å²) in [6.45, 7) is 5.77. The van der Waals surface area contributed by atoms with Gasteiger partial charge in [-0.25, -0.2) is 0 Å². The molecule has 0 aliphatic rings. The Morgan fingerprint density at radius 1 is 1.25 bits per heavy atom. The zero-order valence-electron chi connectivity index (χ0n) is 14.4. The Morgan fingerprint density at radius 3 is 2.54 bits per heavy atom. The van der Waals surface area contributed by atoms with E-state index in [9.17, 15) is 0 Å². The number of benzene rings is 1. The number of halogens is 1. The largest absolute Gasteiger partial charge is 0.497 e. The molecule has 2 aromatic rings. The van der Waals surface area contributed by atoms with Gasteiger partial charge in [-0.2, -0.15) is 0 Å². The second-order valence-electron chi connectivity index (χ2n) is 6.07. The van der Waals surface area contributed by atoms with Crippen LogP contribution in [0.2, 0.25) is 0 Å². The number of hydrogen-bond donors (Lipinski definition) is 2. The quantitative estimate of drug-likeness (QED) is 0.376. The SMILES string of the molecule is COc1ccc(C(C)(C)CN=C(N)NCCc2cccs2)cc1.I. The molecule has 1 aromatic heterocycles. The molecule has 0 amide bonds. The van der Waals surface area contributed by atoms with Crippen LogP contribution in [0.1, 0.15) is 24.3 Å². The zero-order chi connectivity index (χ0) is 16.7. The Hall–Kier alpha value is -1.28. The van der Waals surface area contributed by atoms with Crippen LogP contribution in [0.25, 0.3) is 0 Å². The summed E-state index contributed by atoms with van der Waals surface area (Å²) in [7, 11) is 1.67. The van der Waals surface area contributed by atoms with Crippen molar-refractivity contribution in [1.82, 2.24) is 5.32 Å². The molecule has 0 bridgehead atoms. The van der Waals surface area contributed by atoms with Crippen molar-refractivity contribution in [3.8, 4) is 5.75 Å². The number of aliphatic imine (C=N–C) groups is 1. The first kappa shape index (κ1) is 20.8. The third-order valence-electron chi connectivity index (χ3n) is 3.77. The van der Waals surface area contributed by atoms with Crippen molar-refractivity contribution >= 4 is 41.3 Å². The average molecular weight is 459 g/mol. The van der Waals surface area contributed by atoms with E-state index >= 15 is 0 Å². The van der Waals surface area contributed by atoms with Crippen LogP contribution in [0.3, 0.4) is 0 Å². The summed E-state index contributed by atoms with van der Waals surface area (Å²) in [6.07, 6.45) is 0.968. The second kappa shape index (κ2) is 9.88. The normalized spacial score (nSPS) is 11.7. The standard InChI is InChI=1S/C18H25N3OS.HI/c1-18(2,14-6-8-15(22-3)9-7-14)13-21-17(19)20-11-10-16-5-4-12-23-16;/h4-9,12H,10-11,13H2,1-3H3,(H3,19,20,21);1H. The Kier molecular flexibility index (Phi) is 8.55. The van der Waals surface area contributed by atoms with Crippen LogP contribution in [0, 0.1) is 0 Å². The van der Waals surface area contributed by atoms with Crippen LogP contribution >= 0.6 is 35.3 Å². The number of nitrogens with two attached hydrogens (primary N) is 1. The number of guanidine groups is 1. The van der Waals surface area contributed by atoms with Crippen molar-refractivity contribution in [2.75, 3.05) is 20.2 Å². The van der Waals surface area contributed by atoms with Gasteiger partial charge in [-0.15, -0.1) is 35.3 Å². The smallest absolute Gasteiger partial charge is 0.188 e. The van der Waals surface area contributed by atoms with Gasteiger partial charge in [-0.3, -0.25) is 4.99 Å². The number of ether oxygens (including phenoxy) is 1. The first-order valence-corrected chi connectivity index (χ1v) is 8.60. The predicted molar refractivity (Wildman–Crippen MR) is 114 cm³/mol. The second-order valence-corrected chi connectivity index (χ2v) is 7.10. The lowest BCUT2D eigenvalue weighted by Gasteiger charge is -2.23. The molecule has 0 atom stereocenters. The van der Waals surface area contributed by atoms with Crippen LogP contribution < -0.4 is 15.8 Å². The van der Waals surface area contributed by atoms with Gasteiger partial charge in [-0.1, -0.05) is 32.0 Å². The van der Waals surface area contributed by atoms with E-state index in [1.54, 1.807) is 18.4 Å². The van der Waals surface area contributed by atoms with Gasteiger partial charge >= 0.3 is 0 Å². The highest BCUT2D eigenvalue weighted by Crippen LogP contribution is 2.25. The van der Waals surface area contributed by atoms with Gasteiger partial charge in [0.15, 0.2) is 5.96 Å². The fourth-order valence-corrected chi connectivity index (χ4v) is 2.95. The van der Waals surface area contributed by atoms with Crippen LogP contribution in [0.15, 0.2) is 46.8 Å². The number of hydrogen-bond acceptors (Lipinski definition) is 3.